The summed E-state index contributed by atoms with van der Waals surface area (Å²) < 4.78 is 5.59. The lowest BCUT2D eigenvalue weighted by Gasteiger charge is -2.17. The molecule has 0 aliphatic heterocycles. The van der Waals surface area contributed by atoms with Gasteiger partial charge in [0.1, 0.15) is 0 Å². The summed E-state index contributed by atoms with van der Waals surface area (Å²) in [6.45, 7) is 6.86. The molecule has 0 spiro atoms. The Balaban J connectivity index is 2.38. The molecule has 0 bridgehead atoms. The molecule has 3 heteroatoms. The van der Waals surface area contributed by atoms with Gasteiger partial charge in [0.2, 0.25) is 0 Å². The number of nitrogens with one attached hydrogen (secondary N) is 1. The van der Waals surface area contributed by atoms with Crippen molar-refractivity contribution in [1.82, 2.24) is 10.3 Å². The number of ether oxygens (including phenoxy) is 1. The molecular formula is C13H22N2O. The molecule has 0 saturated heterocycles. The Labute approximate surface area is 98.2 Å². The van der Waals surface area contributed by atoms with Gasteiger partial charge >= 0.3 is 0 Å². The molecule has 1 aromatic heterocycles. The van der Waals surface area contributed by atoms with Gasteiger partial charge in [-0.25, -0.2) is 0 Å². The highest BCUT2D eigenvalue weighted by molar-refractivity contribution is 5.11. The van der Waals surface area contributed by atoms with Gasteiger partial charge in [0.05, 0.1) is 6.61 Å². The van der Waals surface area contributed by atoms with Crippen LogP contribution in [0.25, 0.3) is 0 Å². The predicted octanol–water partition coefficient (Wildman–Crippen LogP) is 2.03. The molecule has 0 radical (unpaired) electrons. The molecule has 0 aliphatic rings. The van der Waals surface area contributed by atoms with Crippen molar-refractivity contribution in [2.45, 2.75) is 32.7 Å². The highest BCUT2D eigenvalue weighted by atomic mass is 16.5. The van der Waals surface area contributed by atoms with Gasteiger partial charge in [-0.1, -0.05) is 13.8 Å². The molecule has 1 unspecified atom stereocenters. The SMILES string of the molecule is CCCOCC(Cc1ccncc1)NCC. The van der Waals surface area contributed by atoms with Crippen LogP contribution in [0, 0.1) is 0 Å². The first-order valence-electron chi connectivity index (χ1n) is 6.06. The second-order valence-corrected chi connectivity index (χ2v) is 3.89. The maximum absolute atomic E-state index is 5.59. The Bertz CT molecular complexity index is 264. The molecule has 1 N–H and O–H groups in total. The Morgan fingerprint density at radius 2 is 2.06 bits per heavy atom. The van der Waals surface area contributed by atoms with Gasteiger partial charge in [0, 0.05) is 25.0 Å². The normalized spacial score (nSPS) is 12.6. The van der Waals surface area contributed by atoms with Crippen LogP contribution in [0.5, 0.6) is 0 Å². The summed E-state index contributed by atoms with van der Waals surface area (Å²) in [4.78, 5) is 4.02. The highest BCUT2D eigenvalue weighted by Crippen LogP contribution is 2.02. The zero-order valence-corrected chi connectivity index (χ0v) is 10.3. The van der Waals surface area contributed by atoms with Crippen LogP contribution in [0.1, 0.15) is 25.8 Å². The van der Waals surface area contributed by atoms with E-state index >= 15 is 0 Å². The van der Waals surface area contributed by atoms with E-state index in [1.54, 1.807) is 0 Å². The van der Waals surface area contributed by atoms with Crippen molar-refractivity contribution in [3.63, 3.8) is 0 Å². The molecule has 0 aromatic carbocycles. The van der Waals surface area contributed by atoms with Crippen molar-refractivity contribution in [1.29, 1.82) is 0 Å². The monoisotopic (exact) mass is 222 g/mol. The fourth-order valence-corrected chi connectivity index (χ4v) is 1.65. The van der Waals surface area contributed by atoms with E-state index in [-0.39, 0.29) is 0 Å². The van der Waals surface area contributed by atoms with Crippen molar-refractivity contribution in [3.05, 3.63) is 30.1 Å². The van der Waals surface area contributed by atoms with E-state index < -0.39 is 0 Å². The van der Waals surface area contributed by atoms with E-state index in [1.165, 1.54) is 5.56 Å². The van der Waals surface area contributed by atoms with Crippen molar-refractivity contribution >= 4 is 0 Å². The minimum Gasteiger partial charge on any atom is -0.380 e. The number of rotatable bonds is 8. The topological polar surface area (TPSA) is 34.1 Å². The van der Waals surface area contributed by atoms with Crippen LogP contribution in [0.4, 0.5) is 0 Å². The van der Waals surface area contributed by atoms with Gasteiger partial charge in [-0.15, -0.1) is 0 Å². The third-order valence-electron chi connectivity index (χ3n) is 2.39. The van der Waals surface area contributed by atoms with Gasteiger partial charge in [0.25, 0.3) is 0 Å². The number of hydrogen-bond acceptors (Lipinski definition) is 3. The third kappa shape index (κ3) is 5.24. The van der Waals surface area contributed by atoms with Crippen molar-refractivity contribution in [3.8, 4) is 0 Å². The van der Waals surface area contributed by atoms with Gasteiger partial charge in [-0.05, 0) is 37.1 Å². The summed E-state index contributed by atoms with van der Waals surface area (Å²) in [7, 11) is 0. The lowest BCUT2D eigenvalue weighted by Crippen LogP contribution is -2.35. The molecule has 0 fully saturated rings. The van der Waals surface area contributed by atoms with Gasteiger partial charge < -0.3 is 10.1 Å². The Morgan fingerprint density at radius 1 is 1.31 bits per heavy atom. The van der Waals surface area contributed by atoms with Crippen molar-refractivity contribution in [2.75, 3.05) is 19.8 Å². The van der Waals surface area contributed by atoms with Crippen LogP contribution < -0.4 is 5.32 Å². The van der Waals surface area contributed by atoms with Crippen LogP contribution in [0.2, 0.25) is 0 Å². The lowest BCUT2D eigenvalue weighted by atomic mass is 10.1. The predicted molar refractivity (Wildman–Crippen MR) is 66.5 cm³/mol. The quantitative estimate of drug-likeness (QED) is 0.683. The Morgan fingerprint density at radius 3 is 2.69 bits per heavy atom. The van der Waals surface area contributed by atoms with E-state index in [0.717, 1.165) is 32.6 Å². The molecule has 0 saturated carbocycles. The maximum atomic E-state index is 5.59. The molecule has 16 heavy (non-hydrogen) atoms. The molecule has 1 aromatic rings. The largest absolute Gasteiger partial charge is 0.380 e. The molecule has 1 rings (SSSR count). The average molecular weight is 222 g/mol. The maximum Gasteiger partial charge on any atom is 0.0622 e. The van der Waals surface area contributed by atoms with E-state index in [2.05, 4.69) is 36.3 Å². The first-order chi connectivity index (χ1) is 7.86. The number of pyridine rings is 1. The number of hydrogen-bond donors (Lipinski definition) is 1. The fourth-order valence-electron chi connectivity index (χ4n) is 1.65. The Kier molecular flexibility index (Phi) is 6.77. The fraction of sp³-hybridized carbons (Fsp3) is 0.615. The third-order valence-corrected chi connectivity index (χ3v) is 2.39. The molecule has 90 valence electrons. The first kappa shape index (κ1) is 13.1. The number of aromatic nitrogens is 1. The van der Waals surface area contributed by atoms with E-state index in [0.29, 0.717) is 6.04 Å². The van der Waals surface area contributed by atoms with Gasteiger partial charge in [-0.2, -0.15) is 0 Å². The van der Waals surface area contributed by atoms with Crippen LogP contribution in [-0.4, -0.2) is 30.8 Å². The number of likely N-dealkylation sites (N-methyl/N-ethyl adjacent to an activating group) is 1. The zero-order chi connectivity index (χ0) is 11.6. The minimum atomic E-state index is 0.402. The van der Waals surface area contributed by atoms with Crippen molar-refractivity contribution < 1.29 is 4.74 Å². The summed E-state index contributed by atoms with van der Waals surface area (Å²) in [5, 5.41) is 3.44. The van der Waals surface area contributed by atoms with E-state index in [1.807, 2.05) is 12.4 Å². The summed E-state index contributed by atoms with van der Waals surface area (Å²) in [5.41, 5.74) is 1.31. The molecule has 0 amide bonds. The molecule has 1 heterocycles. The van der Waals surface area contributed by atoms with Gasteiger partial charge in [0.15, 0.2) is 0 Å². The second-order valence-electron chi connectivity index (χ2n) is 3.89. The standard InChI is InChI=1S/C13H22N2O/c1-3-9-16-11-13(15-4-2)10-12-5-7-14-8-6-12/h5-8,13,15H,3-4,9-11H2,1-2H3. The minimum absolute atomic E-state index is 0.402. The molecule has 1 atom stereocenters. The van der Waals surface area contributed by atoms with Crippen LogP contribution in [0.3, 0.4) is 0 Å². The average Bonchev–Trinajstić information content (AvgIpc) is 2.31. The van der Waals surface area contributed by atoms with Crippen LogP contribution in [0.15, 0.2) is 24.5 Å². The summed E-state index contributed by atoms with van der Waals surface area (Å²) >= 11 is 0. The van der Waals surface area contributed by atoms with Gasteiger partial charge in [-0.3, -0.25) is 4.98 Å². The molecule has 3 nitrogen and oxygen atoms in total. The van der Waals surface area contributed by atoms with E-state index in [4.69, 9.17) is 4.74 Å². The van der Waals surface area contributed by atoms with Crippen LogP contribution in [-0.2, 0) is 11.2 Å². The highest BCUT2D eigenvalue weighted by Gasteiger charge is 2.07. The summed E-state index contributed by atoms with van der Waals surface area (Å²) in [5.74, 6) is 0. The molecule has 0 aliphatic carbocycles. The summed E-state index contributed by atoms with van der Waals surface area (Å²) in [6.07, 6.45) is 5.75. The zero-order valence-electron chi connectivity index (χ0n) is 10.3. The van der Waals surface area contributed by atoms with E-state index in [9.17, 15) is 0 Å². The van der Waals surface area contributed by atoms with Crippen molar-refractivity contribution in [2.24, 2.45) is 0 Å². The Hall–Kier alpha value is -0.930. The number of nitrogens with zero attached hydrogens (tertiary/aromatic N) is 1. The lowest BCUT2D eigenvalue weighted by molar-refractivity contribution is 0.112. The summed E-state index contributed by atoms with van der Waals surface area (Å²) in [6, 6.07) is 4.52. The second kappa shape index (κ2) is 8.25. The van der Waals surface area contributed by atoms with Crippen LogP contribution >= 0.6 is 0 Å². The smallest absolute Gasteiger partial charge is 0.0622 e. The first-order valence-corrected chi connectivity index (χ1v) is 6.06. The molecular weight excluding hydrogens is 200 g/mol.